The maximum absolute atomic E-state index is 14.6. The molecule has 0 bridgehead atoms. The van der Waals surface area contributed by atoms with E-state index < -0.39 is 128 Å². The molecule has 0 aliphatic carbocycles. The number of fused-ring (bicyclic) bond motifs is 1. The lowest BCUT2D eigenvalue weighted by Gasteiger charge is -2.35. The first-order valence-electron chi connectivity index (χ1n) is 21.0. The summed E-state index contributed by atoms with van der Waals surface area (Å²) in [5, 5.41) is 18.6. The number of nitriles is 1. The smallest absolute Gasteiger partial charge is 0.391 e. The zero-order valence-electron chi connectivity index (χ0n) is 37.5. The van der Waals surface area contributed by atoms with Gasteiger partial charge in [0.25, 0.3) is 5.91 Å². The molecule has 3 N–H and O–H groups in total. The lowest BCUT2D eigenvalue weighted by Crippen LogP contribution is -2.60. The van der Waals surface area contributed by atoms with Gasteiger partial charge in [-0.15, -0.1) is 11.3 Å². The zero-order valence-corrected chi connectivity index (χ0v) is 38.3. The molecule has 65 heavy (non-hydrogen) atoms. The van der Waals surface area contributed by atoms with E-state index in [1.54, 1.807) is 57.3 Å². The topological polar surface area (TPSA) is 198 Å². The number of halogens is 6. The Morgan fingerprint density at radius 2 is 1.26 bits per heavy atom. The van der Waals surface area contributed by atoms with Crippen LogP contribution in [0.15, 0.2) is 29.6 Å². The van der Waals surface area contributed by atoms with Crippen LogP contribution in [0.1, 0.15) is 85.1 Å². The highest BCUT2D eigenvalue weighted by Crippen LogP contribution is 2.29. The van der Waals surface area contributed by atoms with E-state index in [1.807, 2.05) is 11.4 Å². The molecule has 22 heteroatoms. The number of hydrogen-bond acceptors (Lipinski definition) is 10. The number of thiophene rings is 1. The molecule has 7 atom stereocenters. The predicted octanol–water partition coefficient (Wildman–Crippen LogP) is 5.02. The van der Waals surface area contributed by atoms with E-state index in [0.29, 0.717) is 20.7 Å². The van der Waals surface area contributed by atoms with E-state index in [1.165, 1.54) is 18.4 Å². The molecule has 2 heterocycles. The second kappa shape index (κ2) is 23.1. The fraction of sp³-hybridized carbons (Fsp3) is 0.628. The van der Waals surface area contributed by atoms with Crippen molar-refractivity contribution in [3.63, 3.8) is 0 Å². The largest absolute Gasteiger partial charge is 0.451 e. The van der Waals surface area contributed by atoms with Crippen molar-refractivity contribution in [1.29, 1.82) is 5.26 Å². The van der Waals surface area contributed by atoms with Crippen LogP contribution in [-0.4, -0.2) is 132 Å². The van der Waals surface area contributed by atoms with Gasteiger partial charge in [-0.25, -0.2) is 4.79 Å². The lowest BCUT2D eigenvalue weighted by molar-refractivity contribution is -0.166. The van der Waals surface area contributed by atoms with Crippen molar-refractivity contribution in [3.8, 4) is 6.07 Å². The molecule has 0 spiro atoms. The van der Waals surface area contributed by atoms with Gasteiger partial charge in [-0.1, -0.05) is 45.9 Å². The molecule has 1 aliphatic rings. The number of esters is 1. The maximum atomic E-state index is 14.6. The molecule has 1 saturated heterocycles. The fourth-order valence-electron chi connectivity index (χ4n) is 7.25. The van der Waals surface area contributed by atoms with Crippen LogP contribution in [0.2, 0.25) is 0 Å². The van der Waals surface area contributed by atoms with Crippen LogP contribution in [0, 0.1) is 23.2 Å². The van der Waals surface area contributed by atoms with Crippen LogP contribution in [0.4, 0.5) is 26.3 Å². The van der Waals surface area contributed by atoms with E-state index in [4.69, 9.17) is 4.74 Å². The Morgan fingerprint density at radius 3 is 1.85 bits per heavy atom. The first-order chi connectivity index (χ1) is 30.1. The molecule has 1 aromatic heterocycles. The number of benzene rings is 1. The highest BCUT2D eigenvalue weighted by molar-refractivity contribution is 7.17. The standard InChI is InChI=1S/C43H57F6N7O8S/c1-23(2)18-29-39(61)56(8)32(20-26-22-65-34-14-10-9-12-27(26)34)36(58)51-28(15-16-42(44,45)46)38(60)54(6)25(5)41(63)64-33(13-11-17-50)37(59)53-30(21-43(47,48)49)40(62)55(7)31(19-24(3)4)35(57)52-29/h9-10,12,14,22-25,28-33H,11,13,15-16,18-21H2,1-8H3,(H,51,58)(H,52,57)(H,53,59)/t25-,28-,29-,30-,31-,32-,33?/m0/s1. The van der Waals surface area contributed by atoms with Crippen molar-refractivity contribution in [2.24, 2.45) is 11.8 Å². The molecule has 2 aromatic rings. The Kier molecular flexibility index (Phi) is 19.2. The van der Waals surface area contributed by atoms with Crippen molar-refractivity contribution in [2.75, 3.05) is 21.1 Å². The van der Waals surface area contributed by atoms with Crippen molar-refractivity contribution in [1.82, 2.24) is 30.7 Å². The summed E-state index contributed by atoms with van der Waals surface area (Å²) < 4.78 is 89.5. The summed E-state index contributed by atoms with van der Waals surface area (Å²) in [6, 6.07) is -1.75. The van der Waals surface area contributed by atoms with Gasteiger partial charge in [-0.2, -0.15) is 31.6 Å². The Hall–Kier alpha value is -5.46. The van der Waals surface area contributed by atoms with E-state index in [0.717, 1.165) is 30.6 Å². The fourth-order valence-corrected chi connectivity index (χ4v) is 8.23. The SMILES string of the molecule is CC(C)C[C@@H]1NC(=O)[C@H](CC(C)C)N(C)C(=O)[C@H](CC(F)(F)F)NC(=O)C(CCC#N)OC(=O)[C@H](C)N(C)C(=O)[C@H](CCC(F)(F)F)NC(=O)[C@H](Cc2csc3ccccc23)N(C)C1=O. The van der Waals surface area contributed by atoms with E-state index in [-0.39, 0.29) is 31.1 Å². The van der Waals surface area contributed by atoms with Crippen LogP contribution in [0.5, 0.6) is 0 Å². The minimum absolute atomic E-state index is 0.0586. The third-order valence-corrected chi connectivity index (χ3v) is 12.0. The highest BCUT2D eigenvalue weighted by atomic mass is 32.1. The molecular weight excluding hydrogens is 889 g/mol. The Morgan fingerprint density at radius 1 is 0.723 bits per heavy atom. The summed E-state index contributed by atoms with van der Waals surface area (Å²) >= 11 is 1.32. The number of amides is 6. The van der Waals surface area contributed by atoms with E-state index >= 15 is 0 Å². The number of hydrogen-bond donors (Lipinski definition) is 3. The Balaban J connectivity index is 2.30. The van der Waals surface area contributed by atoms with Crippen LogP contribution >= 0.6 is 11.3 Å². The lowest BCUT2D eigenvalue weighted by atomic mass is 9.97. The zero-order chi connectivity index (χ0) is 49.1. The third kappa shape index (κ3) is 15.6. The molecule has 6 amide bonds. The van der Waals surface area contributed by atoms with Gasteiger partial charge in [0.2, 0.25) is 29.5 Å². The summed E-state index contributed by atoms with van der Waals surface area (Å²) in [6.07, 6.45) is -18.0. The van der Waals surface area contributed by atoms with Gasteiger partial charge >= 0.3 is 18.3 Å². The second-order valence-corrected chi connectivity index (χ2v) is 18.0. The number of rotatable bonds is 11. The molecule has 1 aromatic carbocycles. The quantitative estimate of drug-likeness (QED) is 0.205. The molecule has 0 saturated carbocycles. The van der Waals surface area contributed by atoms with Crippen molar-refractivity contribution < 1.29 is 64.6 Å². The summed E-state index contributed by atoms with van der Waals surface area (Å²) in [5.41, 5.74) is 0.562. The number of nitrogens with one attached hydrogen (secondary N) is 3. The Bertz CT molecular complexity index is 2070. The average Bonchev–Trinajstić information content (AvgIpc) is 3.63. The number of cyclic esters (lactones) is 1. The third-order valence-electron chi connectivity index (χ3n) is 10.9. The minimum Gasteiger partial charge on any atom is -0.451 e. The van der Waals surface area contributed by atoms with Crippen LogP contribution < -0.4 is 16.0 Å². The molecule has 3 rings (SSSR count). The molecule has 1 unspecified atom stereocenters. The molecular formula is C43H57F6N7O8S. The first kappa shape index (κ1) is 53.9. The normalized spacial score (nSPS) is 24.4. The number of ether oxygens (including phenoxy) is 1. The van der Waals surface area contributed by atoms with Crippen LogP contribution in [0.3, 0.4) is 0 Å². The highest BCUT2D eigenvalue weighted by Gasteiger charge is 2.43. The number of carbonyl (C=O) groups is 7. The van der Waals surface area contributed by atoms with Crippen LogP contribution in [-0.2, 0) is 44.7 Å². The number of nitrogens with zero attached hydrogens (tertiary/aromatic N) is 4. The number of likely N-dealkylation sites (N-methyl/N-ethyl adjacent to an activating group) is 3. The average molecular weight is 946 g/mol. The maximum Gasteiger partial charge on any atom is 0.391 e. The summed E-state index contributed by atoms with van der Waals surface area (Å²) in [6.45, 7) is 7.86. The van der Waals surface area contributed by atoms with E-state index in [9.17, 15) is 65.2 Å². The summed E-state index contributed by atoms with van der Waals surface area (Å²) in [5.74, 6) is -8.97. The number of carbonyl (C=O) groups excluding carboxylic acids is 7. The Labute approximate surface area is 377 Å². The molecule has 0 radical (unpaired) electrons. The minimum atomic E-state index is -5.08. The number of alkyl halides is 6. The molecule has 1 aliphatic heterocycles. The van der Waals surface area contributed by atoms with Gasteiger partial charge in [0, 0.05) is 51.5 Å². The van der Waals surface area contributed by atoms with Gasteiger partial charge < -0.3 is 35.4 Å². The molecule has 360 valence electrons. The molecule has 1 fully saturated rings. The van der Waals surface area contributed by atoms with E-state index in [2.05, 4.69) is 10.6 Å². The van der Waals surface area contributed by atoms with Gasteiger partial charge in [-0.05, 0) is 60.4 Å². The van der Waals surface area contributed by atoms with Crippen LogP contribution in [0.25, 0.3) is 10.1 Å². The predicted molar refractivity (Wildman–Crippen MR) is 226 cm³/mol. The van der Waals surface area contributed by atoms with Crippen molar-refractivity contribution >= 4 is 62.8 Å². The van der Waals surface area contributed by atoms with Crippen molar-refractivity contribution in [3.05, 3.63) is 35.2 Å². The monoisotopic (exact) mass is 945 g/mol. The second-order valence-electron chi connectivity index (χ2n) is 17.1. The van der Waals surface area contributed by atoms with Gasteiger partial charge in [0.1, 0.15) is 36.3 Å². The van der Waals surface area contributed by atoms with Crippen molar-refractivity contribution in [2.45, 2.75) is 141 Å². The van der Waals surface area contributed by atoms with Gasteiger partial charge in [0.15, 0.2) is 6.10 Å². The summed E-state index contributed by atoms with van der Waals surface area (Å²) in [7, 11) is 3.29. The van der Waals surface area contributed by atoms with Gasteiger partial charge in [0.05, 0.1) is 12.5 Å². The first-order valence-corrected chi connectivity index (χ1v) is 21.9. The molecule has 15 nitrogen and oxygen atoms in total. The summed E-state index contributed by atoms with van der Waals surface area (Å²) in [4.78, 5) is 101. The van der Waals surface area contributed by atoms with Gasteiger partial charge in [-0.3, -0.25) is 28.8 Å².